The van der Waals surface area contributed by atoms with Crippen LogP contribution in [0.3, 0.4) is 0 Å². The molecule has 0 N–H and O–H groups in total. The monoisotopic (exact) mass is 272 g/mol. The molecule has 0 bridgehead atoms. The Morgan fingerprint density at radius 2 is 1.79 bits per heavy atom. The number of thioether (sulfide) groups is 1. The van der Waals surface area contributed by atoms with Gasteiger partial charge in [0, 0.05) is 11.2 Å². The van der Waals surface area contributed by atoms with Crippen molar-refractivity contribution in [1.29, 1.82) is 0 Å². The molecule has 0 aromatic heterocycles. The molecule has 1 aromatic carbocycles. The van der Waals surface area contributed by atoms with Gasteiger partial charge in [-0.25, -0.2) is 0 Å². The summed E-state index contributed by atoms with van der Waals surface area (Å²) in [5, 5.41) is 0.549. The molecule has 1 aliphatic rings. The third kappa shape index (κ3) is 3.14. The smallest absolute Gasteiger partial charge is 0.0333 e. The minimum atomic E-state index is 0.239. The maximum atomic E-state index is 2.44. The molecule has 0 unspecified atom stereocenters. The maximum absolute atomic E-state index is 2.44. The molecule has 2 rings (SSSR count). The average molecular weight is 272 g/mol. The quantitative estimate of drug-likeness (QED) is 0.615. The van der Waals surface area contributed by atoms with Crippen molar-refractivity contribution >= 4 is 11.8 Å². The lowest BCUT2D eigenvalue weighted by atomic mass is 9.71. The molecular formula is C18H24S. The minimum absolute atomic E-state index is 0.239. The van der Waals surface area contributed by atoms with E-state index in [-0.39, 0.29) is 5.41 Å². The standard InChI is InChI=1S/C18H24S/c1-13(2)11-17-18(4,5)16(12-14(3)19-17)15-9-7-6-8-10-15/h6-12,16-17H,1-5H3/t16-,17+/m1/s1. The first-order chi connectivity index (χ1) is 8.91. The van der Waals surface area contributed by atoms with Crippen molar-refractivity contribution in [2.75, 3.05) is 0 Å². The molecule has 1 heteroatoms. The summed E-state index contributed by atoms with van der Waals surface area (Å²) in [4.78, 5) is 1.44. The summed E-state index contributed by atoms with van der Waals surface area (Å²) in [6, 6.07) is 10.9. The van der Waals surface area contributed by atoms with Gasteiger partial charge in [0.2, 0.25) is 0 Å². The zero-order chi connectivity index (χ0) is 14.0. The predicted octanol–water partition coefficient (Wildman–Crippen LogP) is 5.78. The van der Waals surface area contributed by atoms with E-state index in [0.29, 0.717) is 11.2 Å². The molecular weight excluding hydrogens is 248 g/mol. The molecule has 2 atom stereocenters. The number of allylic oxidation sites excluding steroid dienone is 3. The van der Waals surface area contributed by atoms with Gasteiger partial charge in [-0.2, -0.15) is 0 Å². The number of benzene rings is 1. The van der Waals surface area contributed by atoms with E-state index in [1.54, 1.807) is 0 Å². The van der Waals surface area contributed by atoms with Crippen LogP contribution in [0.5, 0.6) is 0 Å². The van der Waals surface area contributed by atoms with Crippen LogP contribution in [0.2, 0.25) is 0 Å². The SMILES string of the molecule is CC(C)=C[C@@H]1SC(C)=C[C@H](c2ccccc2)C1(C)C. The average Bonchev–Trinajstić information content (AvgIpc) is 2.34. The van der Waals surface area contributed by atoms with Crippen LogP contribution < -0.4 is 0 Å². The van der Waals surface area contributed by atoms with Crippen LogP contribution in [-0.4, -0.2) is 5.25 Å². The van der Waals surface area contributed by atoms with Crippen LogP contribution >= 0.6 is 11.8 Å². The van der Waals surface area contributed by atoms with Crippen LogP contribution in [0, 0.1) is 5.41 Å². The Labute approximate surface area is 122 Å². The zero-order valence-corrected chi connectivity index (χ0v) is 13.4. The second kappa shape index (κ2) is 5.58. The van der Waals surface area contributed by atoms with Crippen molar-refractivity contribution in [3.8, 4) is 0 Å². The van der Waals surface area contributed by atoms with Gasteiger partial charge in [-0.05, 0) is 36.7 Å². The Bertz CT molecular complexity index is 490. The van der Waals surface area contributed by atoms with Gasteiger partial charge in [0.1, 0.15) is 0 Å². The highest BCUT2D eigenvalue weighted by Crippen LogP contribution is 2.51. The van der Waals surface area contributed by atoms with Crippen LogP contribution in [0.1, 0.15) is 46.1 Å². The first kappa shape index (κ1) is 14.5. The molecule has 102 valence electrons. The summed E-state index contributed by atoms with van der Waals surface area (Å²) in [5.41, 5.74) is 3.08. The first-order valence-corrected chi connectivity index (χ1v) is 7.84. The highest BCUT2D eigenvalue weighted by atomic mass is 32.2. The van der Waals surface area contributed by atoms with Crippen LogP contribution in [0.15, 0.2) is 53.0 Å². The van der Waals surface area contributed by atoms with Crippen molar-refractivity contribution in [2.45, 2.75) is 45.8 Å². The van der Waals surface area contributed by atoms with Gasteiger partial charge >= 0.3 is 0 Å². The number of hydrogen-bond donors (Lipinski definition) is 0. The second-order valence-electron chi connectivity index (χ2n) is 6.27. The Morgan fingerprint density at radius 1 is 1.16 bits per heavy atom. The third-order valence-electron chi connectivity index (χ3n) is 3.89. The van der Waals surface area contributed by atoms with Crippen molar-refractivity contribution in [3.05, 3.63) is 58.5 Å². The van der Waals surface area contributed by atoms with E-state index in [4.69, 9.17) is 0 Å². The van der Waals surface area contributed by atoms with E-state index in [1.165, 1.54) is 16.0 Å². The third-order valence-corrected chi connectivity index (χ3v) is 5.40. The molecule has 0 radical (unpaired) electrons. The second-order valence-corrected chi connectivity index (χ2v) is 7.66. The lowest BCUT2D eigenvalue weighted by Gasteiger charge is -2.42. The van der Waals surface area contributed by atoms with Crippen LogP contribution in [-0.2, 0) is 0 Å². The van der Waals surface area contributed by atoms with Gasteiger partial charge in [0.15, 0.2) is 0 Å². The van der Waals surface area contributed by atoms with Crippen LogP contribution in [0.25, 0.3) is 0 Å². The molecule has 0 nitrogen and oxygen atoms in total. The Hall–Kier alpha value is -0.950. The van der Waals surface area contributed by atoms with E-state index >= 15 is 0 Å². The molecule has 1 heterocycles. The normalized spacial score (nSPS) is 25.6. The van der Waals surface area contributed by atoms with E-state index in [9.17, 15) is 0 Å². The Morgan fingerprint density at radius 3 is 2.37 bits per heavy atom. The topological polar surface area (TPSA) is 0 Å². The highest BCUT2D eigenvalue weighted by Gasteiger charge is 2.39. The molecule has 0 spiro atoms. The van der Waals surface area contributed by atoms with Gasteiger partial charge in [0.05, 0.1) is 0 Å². The summed E-state index contributed by atoms with van der Waals surface area (Å²) in [7, 11) is 0. The Kier molecular flexibility index (Phi) is 4.25. The van der Waals surface area contributed by atoms with Crippen molar-refractivity contribution < 1.29 is 0 Å². The minimum Gasteiger partial charge on any atom is -0.123 e. The van der Waals surface area contributed by atoms with E-state index in [1.807, 2.05) is 11.8 Å². The van der Waals surface area contributed by atoms with Gasteiger partial charge in [0.25, 0.3) is 0 Å². The van der Waals surface area contributed by atoms with Gasteiger partial charge in [-0.1, -0.05) is 61.9 Å². The molecule has 0 fully saturated rings. The fraction of sp³-hybridized carbons (Fsp3) is 0.444. The summed E-state index contributed by atoms with van der Waals surface area (Å²) in [6.45, 7) is 11.4. The molecule has 0 amide bonds. The van der Waals surface area contributed by atoms with E-state index in [2.05, 4.69) is 77.1 Å². The summed E-state index contributed by atoms with van der Waals surface area (Å²) in [5.74, 6) is 0.496. The fourth-order valence-corrected chi connectivity index (χ4v) is 4.16. The number of rotatable bonds is 2. The fourth-order valence-electron chi connectivity index (χ4n) is 2.76. The van der Waals surface area contributed by atoms with Crippen LogP contribution in [0.4, 0.5) is 0 Å². The molecule has 1 aromatic rings. The molecule has 19 heavy (non-hydrogen) atoms. The molecule has 0 aliphatic carbocycles. The Balaban J connectivity index is 2.43. The van der Waals surface area contributed by atoms with Crippen molar-refractivity contribution in [3.63, 3.8) is 0 Å². The largest absolute Gasteiger partial charge is 0.123 e. The van der Waals surface area contributed by atoms with E-state index in [0.717, 1.165) is 0 Å². The predicted molar refractivity (Wildman–Crippen MR) is 87.5 cm³/mol. The lowest BCUT2D eigenvalue weighted by molar-refractivity contribution is 0.334. The summed E-state index contributed by atoms with van der Waals surface area (Å²) in [6.07, 6.45) is 4.87. The summed E-state index contributed by atoms with van der Waals surface area (Å²) >= 11 is 2.00. The maximum Gasteiger partial charge on any atom is 0.0333 e. The molecule has 1 aliphatic heterocycles. The number of hydrogen-bond acceptors (Lipinski definition) is 1. The van der Waals surface area contributed by atoms with E-state index < -0.39 is 0 Å². The highest BCUT2D eigenvalue weighted by molar-refractivity contribution is 8.03. The molecule has 0 saturated carbocycles. The van der Waals surface area contributed by atoms with Gasteiger partial charge in [-0.15, -0.1) is 11.8 Å². The lowest BCUT2D eigenvalue weighted by Crippen LogP contribution is -2.34. The summed E-state index contributed by atoms with van der Waals surface area (Å²) < 4.78 is 0. The van der Waals surface area contributed by atoms with Crippen molar-refractivity contribution in [1.82, 2.24) is 0 Å². The van der Waals surface area contributed by atoms with Gasteiger partial charge < -0.3 is 0 Å². The van der Waals surface area contributed by atoms with Crippen molar-refractivity contribution in [2.24, 2.45) is 5.41 Å². The molecule has 0 saturated heterocycles. The zero-order valence-electron chi connectivity index (χ0n) is 12.6. The van der Waals surface area contributed by atoms with Gasteiger partial charge in [-0.3, -0.25) is 0 Å². The first-order valence-electron chi connectivity index (χ1n) is 6.96.